The molecule has 2 bridgehead atoms. The van der Waals surface area contributed by atoms with Crippen LogP contribution in [-0.4, -0.2) is 20.8 Å². The third kappa shape index (κ3) is 2.45. The van der Waals surface area contributed by atoms with Gasteiger partial charge in [-0.1, -0.05) is 38.4 Å². The Kier molecular flexibility index (Phi) is 4.22. The molecule has 2 unspecified atom stereocenters. The lowest BCUT2D eigenvalue weighted by Gasteiger charge is -2.39. The van der Waals surface area contributed by atoms with Gasteiger partial charge in [-0.2, -0.15) is 0 Å². The van der Waals surface area contributed by atoms with Gasteiger partial charge in [0, 0.05) is 28.3 Å². The summed E-state index contributed by atoms with van der Waals surface area (Å²) < 4.78 is 0. The Labute approximate surface area is 190 Å². The second-order valence-electron chi connectivity index (χ2n) is 9.63. The summed E-state index contributed by atoms with van der Waals surface area (Å²) >= 11 is 6.27. The van der Waals surface area contributed by atoms with Crippen LogP contribution in [0.4, 0.5) is 11.4 Å². The summed E-state index contributed by atoms with van der Waals surface area (Å²) in [4.78, 5) is 34.4. The van der Waals surface area contributed by atoms with Crippen LogP contribution in [0.2, 0.25) is 5.02 Å². The minimum absolute atomic E-state index is 0.0480. The molecule has 1 saturated carbocycles. The average Bonchev–Trinajstić information content (AvgIpc) is 3.04. The van der Waals surface area contributed by atoms with Crippen LogP contribution in [0.25, 0.3) is 11.0 Å². The first-order valence-electron chi connectivity index (χ1n) is 10.6. The minimum Gasteiger partial charge on any atom is -0.325 e. The Balaban J connectivity index is 1.69. The molecule has 32 heavy (non-hydrogen) atoms. The number of hydrogen-bond donors (Lipinski definition) is 1. The van der Waals surface area contributed by atoms with Gasteiger partial charge in [0.15, 0.2) is 0 Å². The lowest BCUT2D eigenvalue weighted by Crippen LogP contribution is -2.48. The van der Waals surface area contributed by atoms with Crippen molar-refractivity contribution in [3.05, 3.63) is 68.5 Å². The summed E-state index contributed by atoms with van der Waals surface area (Å²) in [6.45, 7) is 8.24. The molecule has 8 heteroatoms. The third-order valence-corrected chi connectivity index (χ3v) is 8.46. The highest BCUT2D eigenvalue weighted by Crippen LogP contribution is 2.70. The van der Waals surface area contributed by atoms with Gasteiger partial charge in [-0.3, -0.25) is 14.9 Å². The summed E-state index contributed by atoms with van der Waals surface area (Å²) in [7, 11) is 0. The molecule has 1 N–H and O–H groups in total. The number of aryl methyl sites for hydroxylation is 1. The van der Waals surface area contributed by atoms with E-state index in [1.807, 2.05) is 19.1 Å². The topological polar surface area (TPSA) is 98.0 Å². The SMILES string of the molecule is Cc1ccc(NC(=O)C23CCC(C)(c4nc5ccc([N+](=O)[O-])cc5nc42)C3(C)C)cc1Cl. The fourth-order valence-electron chi connectivity index (χ4n) is 5.61. The number of nitrogens with one attached hydrogen (secondary N) is 1. The van der Waals surface area contributed by atoms with E-state index in [1.54, 1.807) is 12.1 Å². The summed E-state index contributed by atoms with van der Waals surface area (Å²) in [5.41, 5.74) is 2.28. The predicted octanol–water partition coefficient (Wildman–Crippen LogP) is 5.47. The maximum absolute atomic E-state index is 13.9. The van der Waals surface area contributed by atoms with Gasteiger partial charge < -0.3 is 5.32 Å². The monoisotopic (exact) mass is 450 g/mol. The van der Waals surface area contributed by atoms with Crippen molar-refractivity contribution in [1.29, 1.82) is 0 Å². The Bertz CT molecular complexity index is 1340. The molecule has 0 radical (unpaired) electrons. The quantitative estimate of drug-likeness (QED) is 0.421. The molecule has 1 fully saturated rings. The van der Waals surface area contributed by atoms with Crippen molar-refractivity contribution in [1.82, 2.24) is 9.97 Å². The molecule has 5 rings (SSSR count). The molecule has 0 aliphatic heterocycles. The van der Waals surface area contributed by atoms with Gasteiger partial charge in [0.1, 0.15) is 0 Å². The first-order chi connectivity index (χ1) is 15.0. The largest absolute Gasteiger partial charge is 0.325 e. The molecular weight excluding hydrogens is 428 g/mol. The second-order valence-corrected chi connectivity index (χ2v) is 10.0. The minimum atomic E-state index is -0.903. The zero-order valence-corrected chi connectivity index (χ0v) is 19.1. The fraction of sp³-hybridized carbons (Fsp3) is 0.375. The van der Waals surface area contributed by atoms with E-state index in [2.05, 4.69) is 26.1 Å². The lowest BCUT2D eigenvalue weighted by atomic mass is 9.63. The number of anilines is 1. The second kappa shape index (κ2) is 6.48. The fourth-order valence-corrected chi connectivity index (χ4v) is 5.79. The number of hydrogen-bond acceptors (Lipinski definition) is 5. The van der Waals surface area contributed by atoms with Crippen LogP contribution in [-0.2, 0) is 15.6 Å². The molecule has 2 aliphatic carbocycles. The number of carbonyl (C=O) groups is 1. The molecule has 2 aromatic carbocycles. The van der Waals surface area contributed by atoms with Gasteiger partial charge in [-0.05, 0) is 48.9 Å². The predicted molar refractivity (Wildman–Crippen MR) is 123 cm³/mol. The Morgan fingerprint density at radius 2 is 1.78 bits per heavy atom. The number of rotatable bonds is 3. The van der Waals surface area contributed by atoms with Gasteiger partial charge in [0.05, 0.1) is 32.8 Å². The highest BCUT2D eigenvalue weighted by molar-refractivity contribution is 6.31. The van der Waals surface area contributed by atoms with Crippen LogP contribution in [0.1, 0.15) is 50.6 Å². The number of carbonyl (C=O) groups excluding carboxylic acids is 1. The maximum atomic E-state index is 13.9. The van der Waals surface area contributed by atoms with Crippen molar-refractivity contribution in [2.24, 2.45) is 5.41 Å². The first-order valence-corrected chi connectivity index (χ1v) is 10.9. The molecule has 2 aliphatic rings. The standard InChI is InChI=1S/C24H23ClN4O3/c1-13-5-6-14(11-16(13)25)26-21(30)24-10-9-23(4,22(24,2)3)19-20(24)28-18-12-15(29(31)32)7-8-17(18)27-19/h5-8,11-12H,9-10H2,1-4H3,(H,26,30). The van der Waals surface area contributed by atoms with Crippen LogP contribution < -0.4 is 5.32 Å². The van der Waals surface area contributed by atoms with E-state index in [-0.39, 0.29) is 17.0 Å². The molecule has 2 atom stereocenters. The van der Waals surface area contributed by atoms with Gasteiger partial charge in [0.2, 0.25) is 5.91 Å². The van der Waals surface area contributed by atoms with Crippen molar-refractivity contribution in [2.75, 3.05) is 5.32 Å². The van der Waals surface area contributed by atoms with Crippen molar-refractivity contribution < 1.29 is 9.72 Å². The number of non-ortho nitro benzene ring substituents is 1. The number of nitro groups is 1. The lowest BCUT2D eigenvalue weighted by molar-refractivity contribution is -0.384. The number of benzene rings is 2. The number of nitrogens with zero attached hydrogens (tertiary/aromatic N) is 3. The van der Waals surface area contributed by atoms with Crippen LogP contribution in [0.3, 0.4) is 0 Å². The van der Waals surface area contributed by atoms with E-state index >= 15 is 0 Å². The molecule has 3 aromatic rings. The Hall–Kier alpha value is -3.06. The summed E-state index contributed by atoms with van der Waals surface area (Å²) in [6.07, 6.45) is 1.44. The van der Waals surface area contributed by atoms with Crippen LogP contribution >= 0.6 is 11.6 Å². The maximum Gasteiger partial charge on any atom is 0.271 e. The first kappa shape index (κ1) is 20.8. The molecule has 164 valence electrons. The number of aromatic nitrogens is 2. The number of nitro benzene ring substituents is 1. The molecule has 0 saturated heterocycles. The molecule has 1 amide bonds. The zero-order chi connectivity index (χ0) is 23.1. The molecule has 0 spiro atoms. The molecule has 1 heterocycles. The highest BCUT2D eigenvalue weighted by Gasteiger charge is 2.73. The summed E-state index contributed by atoms with van der Waals surface area (Å²) in [5.74, 6) is -0.149. The van der Waals surface area contributed by atoms with Crippen LogP contribution in [0, 0.1) is 22.5 Å². The normalized spacial score (nSPS) is 25.0. The van der Waals surface area contributed by atoms with E-state index in [4.69, 9.17) is 21.6 Å². The summed E-state index contributed by atoms with van der Waals surface area (Å²) in [6, 6.07) is 9.95. The zero-order valence-electron chi connectivity index (χ0n) is 18.3. The number of amides is 1. The van der Waals surface area contributed by atoms with Gasteiger partial charge in [-0.15, -0.1) is 0 Å². The van der Waals surface area contributed by atoms with Gasteiger partial charge in [0.25, 0.3) is 5.69 Å². The molecule has 7 nitrogen and oxygen atoms in total. The van der Waals surface area contributed by atoms with E-state index in [9.17, 15) is 14.9 Å². The number of halogens is 1. The van der Waals surface area contributed by atoms with E-state index in [0.29, 0.717) is 33.9 Å². The number of fused-ring (bicyclic) bond motifs is 6. The smallest absolute Gasteiger partial charge is 0.271 e. The van der Waals surface area contributed by atoms with Gasteiger partial charge in [-0.25, -0.2) is 9.97 Å². The Morgan fingerprint density at radius 1 is 1.06 bits per heavy atom. The van der Waals surface area contributed by atoms with Crippen LogP contribution in [0.5, 0.6) is 0 Å². The van der Waals surface area contributed by atoms with Crippen molar-refractivity contribution in [3.8, 4) is 0 Å². The van der Waals surface area contributed by atoms with E-state index in [0.717, 1.165) is 17.7 Å². The molecule has 1 aromatic heterocycles. The van der Waals surface area contributed by atoms with Crippen molar-refractivity contribution in [2.45, 2.75) is 51.4 Å². The highest BCUT2D eigenvalue weighted by atomic mass is 35.5. The van der Waals surface area contributed by atoms with Crippen molar-refractivity contribution in [3.63, 3.8) is 0 Å². The van der Waals surface area contributed by atoms with Crippen molar-refractivity contribution >= 4 is 39.9 Å². The third-order valence-electron chi connectivity index (χ3n) is 8.05. The Morgan fingerprint density at radius 3 is 2.47 bits per heavy atom. The van der Waals surface area contributed by atoms with Gasteiger partial charge >= 0.3 is 0 Å². The average molecular weight is 451 g/mol. The van der Waals surface area contributed by atoms with Crippen LogP contribution in [0.15, 0.2) is 36.4 Å². The molecular formula is C24H23ClN4O3. The van der Waals surface area contributed by atoms with E-state index in [1.165, 1.54) is 12.1 Å². The van der Waals surface area contributed by atoms with E-state index < -0.39 is 15.8 Å². The summed E-state index contributed by atoms with van der Waals surface area (Å²) in [5, 5.41) is 14.9.